The molecule has 0 bridgehead atoms. The van der Waals surface area contributed by atoms with Gasteiger partial charge in [-0.3, -0.25) is 4.79 Å². The lowest BCUT2D eigenvalue weighted by atomic mass is 10.00. The number of morpholine rings is 1. The van der Waals surface area contributed by atoms with Crippen LogP contribution in [0.25, 0.3) is 0 Å². The second kappa shape index (κ2) is 6.42. The number of benzene rings is 1. The quantitative estimate of drug-likeness (QED) is 0.872. The summed E-state index contributed by atoms with van der Waals surface area (Å²) in [5.74, 6) is -0.0486. The molecule has 122 valence electrons. The molecule has 5 nitrogen and oxygen atoms in total. The fourth-order valence-corrected chi connectivity index (χ4v) is 2.82. The highest BCUT2D eigenvalue weighted by Crippen LogP contribution is 2.30. The molecule has 0 unspecified atom stereocenters. The van der Waals surface area contributed by atoms with Crippen LogP contribution < -0.4 is 4.74 Å². The molecule has 1 saturated heterocycles. The van der Waals surface area contributed by atoms with Gasteiger partial charge >= 0.3 is 0 Å². The van der Waals surface area contributed by atoms with Crippen LogP contribution in [-0.2, 0) is 4.74 Å². The van der Waals surface area contributed by atoms with Gasteiger partial charge in [-0.05, 0) is 30.7 Å². The van der Waals surface area contributed by atoms with Crippen molar-refractivity contribution in [3.63, 3.8) is 0 Å². The second-order valence-electron chi connectivity index (χ2n) is 5.41. The number of methoxy groups -OCH3 is 1. The summed E-state index contributed by atoms with van der Waals surface area (Å²) in [6.45, 7) is 2.72. The first-order valence-corrected chi connectivity index (χ1v) is 7.42. The minimum Gasteiger partial charge on any atom is -0.468 e. The van der Waals surface area contributed by atoms with Crippen molar-refractivity contribution in [1.29, 1.82) is 0 Å². The summed E-state index contributed by atoms with van der Waals surface area (Å²) in [4.78, 5) is 14.3. The van der Waals surface area contributed by atoms with Gasteiger partial charge in [0.25, 0.3) is 11.9 Å². The van der Waals surface area contributed by atoms with Crippen LogP contribution in [0.2, 0.25) is 0 Å². The highest BCUT2D eigenvalue weighted by Gasteiger charge is 2.34. The van der Waals surface area contributed by atoms with E-state index in [4.69, 9.17) is 13.9 Å². The smallest absolute Gasteiger partial charge is 0.290 e. The van der Waals surface area contributed by atoms with Gasteiger partial charge in [-0.25, -0.2) is 4.39 Å². The van der Waals surface area contributed by atoms with Crippen LogP contribution in [0.1, 0.15) is 29.1 Å². The molecule has 1 amide bonds. The van der Waals surface area contributed by atoms with Gasteiger partial charge in [0.15, 0.2) is 5.76 Å². The van der Waals surface area contributed by atoms with Crippen LogP contribution in [-0.4, -0.2) is 37.1 Å². The first kappa shape index (κ1) is 15.6. The van der Waals surface area contributed by atoms with Gasteiger partial charge in [0.05, 0.1) is 19.8 Å². The number of furan rings is 1. The van der Waals surface area contributed by atoms with Crippen LogP contribution in [0.4, 0.5) is 4.39 Å². The Morgan fingerprint density at radius 2 is 2.17 bits per heavy atom. The van der Waals surface area contributed by atoms with Gasteiger partial charge in [-0.15, -0.1) is 0 Å². The van der Waals surface area contributed by atoms with Crippen molar-refractivity contribution in [3.05, 3.63) is 53.5 Å². The molecule has 1 aromatic carbocycles. The van der Waals surface area contributed by atoms with E-state index in [-0.39, 0.29) is 35.6 Å². The lowest BCUT2D eigenvalue weighted by Crippen LogP contribution is -2.48. The molecule has 1 aliphatic heterocycles. The van der Waals surface area contributed by atoms with Crippen LogP contribution in [0.5, 0.6) is 5.95 Å². The van der Waals surface area contributed by atoms with E-state index in [1.54, 1.807) is 29.2 Å². The third-order valence-electron chi connectivity index (χ3n) is 3.99. The molecule has 6 heteroatoms. The molecule has 0 aliphatic carbocycles. The molecule has 3 rings (SSSR count). The Bertz CT molecular complexity index is 699. The zero-order valence-corrected chi connectivity index (χ0v) is 13.0. The van der Waals surface area contributed by atoms with E-state index in [0.29, 0.717) is 18.7 Å². The first-order valence-electron chi connectivity index (χ1n) is 7.42. The zero-order chi connectivity index (χ0) is 16.4. The number of carbonyl (C=O) groups excluding carboxylic acids is 1. The Morgan fingerprint density at radius 3 is 2.87 bits per heavy atom. The minimum absolute atomic E-state index is 0.216. The number of ether oxygens (including phenoxy) is 2. The summed E-state index contributed by atoms with van der Waals surface area (Å²) >= 11 is 0. The Labute approximate surface area is 133 Å². The van der Waals surface area contributed by atoms with Crippen LogP contribution in [0.15, 0.2) is 40.8 Å². The largest absolute Gasteiger partial charge is 0.468 e. The maximum atomic E-state index is 13.4. The highest BCUT2D eigenvalue weighted by molar-refractivity contribution is 5.92. The monoisotopic (exact) mass is 319 g/mol. The summed E-state index contributed by atoms with van der Waals surface area (Å²) in [5, 5.41) is 0. The van der Waals surface area contributed by atoms with Crippen molar-refractivity contribution in [2.45, 2.75) is 19.1 Å². The Morgan fingerprint density at radius 1 is 1.35 bits per heavy atom. The Balaban J connectivity index is 1.81. The van der Waals surface area contributed by atoms with E-state index in [1.165, 1.54) is 19.2 Å². The van der Waals surface area contributed by atoms with E-state index in [1.807, 2.05) is 6.92 Å². The molecule has 1 aromatic heterocycles. The molecule has 0 radical (unpaired) electrons. The summed E-state index contributed by atoms with van der Waals surface area (Å²) in [6.07, 6.45) is -0.375. The van der Waals surface area contributed by atoms with Crippen molar-refractivity contribution < 1.29 is 23.1 Å². The van der Waals surface area contributed by atoms with Crippen LogP contribution >= 0.6 is 0 Å². The molecule has 2 atom stereocenters. The molecule has 1 fully saturated rings. The molecule has 0 saturated carbocycles. The number of amides is 1. The van der Waals surface area contributed by atoms with E-state index >= 15 is 0 Å². The number of hydrogen-bond donors (Lipinski definition) is 0. The van der Waals surface area contributed by atoms with Crippen molar-refractivity contribution >= 4 is 5.91 Å². The Hall–Kier alpha value is -2.34. The van der Waals surface area contributed by atoms with Crippen molar-refractivity contribution in [1.82, 2.24) is 4.90 Å². The average Bonchev–Trinajstić information content (AvgIpc) is 3.03. The van der Waals surface area contributed by atoms with Crippen molar-refractivity contribution in [3.8, 4) is 5.95 Å². The van der Waals surface area contributed by atoms with Crippen molar-refractivity contribution in [2.75, 3.05) is 20.3 Å². The lowest BCUT2D eigenvalue weighted by Gasteiger charge is -2.39. The molecule has 1 aliphatic rings. The van der Waals surface area contributed by atoms with Gasteiger partial charge in [0.2, 0.25) is 0 Å². The summed E-state index contributed by atoms with van der Waals surface area (Å²) in [5.41, 5.74) is 0.715. The molecule has 23 heavy (non-hydrogen) atoms. The second-order valence-corrected chi connectivity index (χ2v) is 5.41. The number of halogens is 1. The average molecular weight is 319 g/mol. The number of nitrogens with zero attached hydrogens (tertiary/aromatic N) is 1. The van der Waals surface area contributed by atoms with Crippen LogP contribution in [0.3, 0.4) is 0 Å². The summed E-state index contributed by atoms with van der Waals surface area (Å²) < 4.78 is 29.5. The summed E-state index contributed by atoms with van der Waals surface area (Å²) in [7, 11) is 1.48. The van der Waals surface area contributed by atoms with Gasteiger partial charge in [0, 0.05) is 12.6 Å². The van der Waals surface area contributed by atoms with Gasteiger partial charge in [-0.2, -0.15) is 0 Å². The topological polar surface area (TPSA) is 51.9 Å². The number of hydrogen-bond acceptors (Lipinski definition) is 4. The maximum absolute atomic E-state index is 13.4. The van der Waals surface area contributed by atoms with Gasteiger partial charge in [0.1, 0.15) is 11.9 Å². The normalized spacial score (nSPS) is 21.3. The highest BCUT2D eigenvalue weighted by atomic mass is 19.1. The van der Waals surface area contributed by atoms with E-state index < -0.39 is 0 Å². The molecular weight excluding hydrogens is 301 g/mol. The van der Waals surface area contributed by atoms with Gasteiger partial charge in [-0.1, -0.05) is 12.1 Å². The maximum Gasteiger partial charge on any atom is 0.290 e. The molecule has 0 N–H and O–H groups in total. The van der Waals surface area contributed by atoms with E-state index in [2.05, 4.69) is 0 Å². The van der Waals surface area contributed by atoms with Crippen LogP contribution in [0, 0.1) is 5.82 Å². The molecule has 2 aromatic rings. The fourth-order valence-electron chi connectivity index (χ4n) is 2.82. The SMILES string of the molecule is COc1ccc(C(=O)N2CCO[C@H](c3cccc(F)c3)[C@H]2C)o1. The van der Waals surface area contributed by atoms with Gasteiger partial charge < -0.3 is 18.8 Å². The Kier molecular flexibility index (Phi) is 4.34. The number of carbonyl (C=O) groups is 1. The van der Waals surface area contributed by atoms with E-state index in [9.17, 15) is 9.18 Å². The third kappa shape index (κ3) is 3.07. The fraction of sp³-hybridized carbons (Fsp3) is 0.353. The zero-order valence-electron chi connectivity index (χ0n) is 13.0. The predicted octanol–water partition coefficient (Wildman–Crippen LogP) is 3.03. The minimum atomic E-state index is -0.375. The van der Waals surface area contributed by atoms with E-state index in [0.717, 1.165) is 0 Å². The predicted molar refractivity (Wildman–Crippen MR) is 80.9 cm³/mol. The third-order valence-corrected chi connectivity index (χ3v) is 3.99. The molecule has 0 spiro atoms. The molecular formula is C17H18FNO4. The number of rotatable bonds is 3. The summed E-state index contributed by atoms with van der Waals surface area (Å²) in [6, 6.07) is 9.20. The lowest BCUT2D eigenvalue weighted by molar-refractivity contribution is -0.0561. The standard InChI is InChI=1S/C17H18FNO4/c1-11-16(12-4-3-5-13(18)10-12)22-9-8-19(11)17(20)14-6-7-15(21-2)23-14/h3-7,10-11,16H,8-9H2,1-2H3/t11-,16+/m1/s1. The van der Waals surface area contributed by atoms with Crippen molar-refractivity contribution in [2.24, 2.45) is 0 Å². The first-order chi connectivity index (χ1) is 11.1. The molecule has 2 heterocycles.